The Kier molecular flexibility index (Phi) is 6.04. The maximum atomic E-state index is 12.4. The van der Waals surface area contributed by atoms with Gasteiger partial charge in [-0.15, -0.1) is 0 Å². The van der Waals surface area contributed by atoms with Crippen molar-refractivity contribution in [2.24, 2.45) is 0 Å². The number of methoxy groups -OCH3 is 1. The van der Waals surface area contributed by atoms with Crippen molar-refractivity contribution in [2.45, 2.75) is 25.1 Å². The van der Waals surface area contributed by atoms with Gasteiger partial charge in [-0.3, -0.25) is 0 Å². The van der Waals surface area contributed by atoms with Gasteiger partial charge < -0.3 is 4.74 Å². The summed E-state index contributed by atoms with van der Waals surface area (Å²) >= 11 is 5.82. The summed E-state index contributed by atoms with van der Waals surface area (Å²) in [6.45, 7) is 1.94. The molecule has 0 fully saturated rings. The summed E-state index contributed by atoms with van der Waals surface area (Å²) in [5.41, 5.74) is 1.61. The summed E-state index contributed by atoms with van der Waals surface area (Å²) in [5.74, 6) is 0.671. The lowest BCUT2D eigenvalue weighted by atomic mass is 10.1. The fourth-order valence-corrected chi connectivity index (χ4v) is 3.86. The lowest BCUT2D eigenvalue weighted by molar-refractivity contribution is 0.414. The standard InChI is InChI=1S/C17H20ClNO3S/c1-3-17(14-6-10-16(22-2)11-7-14)19-23(20,21)12-13-4-8-15(18)9-5-13/h4-11,17,19H,3,12H2,1-2H3/t17-/m0/s1. The van der Waals surface area contributed by atoms with Crippen molar-refractivity contribution < 1.29 is 13.2 Å². The molecule has 2 rings (SSSR count). The normalized spacial score (nSPS) is 12.8. The molecule has 0 radical (unpaired) electrons. The van der Waals surface area contributed by atoms with Crippen LogP contribution in [0.4, 0.5) is 0 Å². The van der Waals surface area contributed by atoms with Crippen molar-refractivity contribution in [1.29, 1.82) is 0 Å². The van der Waals surface area contributed by atoms with Crippen LogP contribution in [0.15, 0.2) is 48.5 Å². The predicted octanol–water partition coefficient (Wildman–Crippen LogP) is 3.92. The second-order valence-electron chi connectivity index (χ2n) is 5.24. The Morgan fingerprint density at radius 3 is 2.22 bits per heavy atom. The van der Waals surface area contributed by atoms with E-state index in [-0.39, 0.29) is 11.8 Å². The van der Waals surface area contributed by atoms with Crippen molar-refractivity contribution in [3.05, 3.63) is 64.7 Å². The molecular formula is C17H20ClNO3S. The van der Waals surface area contributed by atoms with Gasteiger partial charge in [-0.05, 0) is 41.8 Å². The minimum absolute atomic E-state index is 0.0726. The Balaban J connectivity index is 2.10. The van der Waals surface area contributed by atoms with E-state index in [1.807, 2.05) is 31.2 Å². The Morgan fingerprint density at radius 2 is 1.70 bits per heavy atom. The molecule has 0 saturated carbocycles. The Bertz CT molecular complexity index is 727. The van der Waals surface area contributed by atoms with Crippen LogP contribution in [0.1, 0.15) is 30.5 Å². The average Bonchev–Trinajstić information content (AvgIpc) is 2.55. The maximum Gasteiger partial charge on any atom is 0.216 e. The number of benzene rings is 2. The average molecular weight is 354 g/mol. The van der Waals surface area contributed by atoms with Gasteiger partial charge in [0.25, 0.3) is 0 Å². The highest BCUT2D eigenvalue weighted by molar-refractivity contribution is 7.88. The SMILES string of the molecule is CC[C@H](NS(=O)(=O)Cc1ccc(Cl)cc1)c1ccc(OC)cc1. The number of ether oxygens (including phenoxy) is 1. The van der Waals surface area contributed by atoms with Crippen molar-refractivity contribution in [3.8, 4) is 5.75 Å². The van der Waals surface area contributed by atoms with Crippen LogP contribution < -0.4 is 9.46 Å². The van der Waals surface area contributed by atoms with Gasteiger partial charge >= 0.3 is 0 Å². The molecule has 0 spiro atoms. The van der Waals surface area contributed by atoms with Crippen LogP contribution >= 0.6 is 11.6 Å². The van der Waals surface area contributed by atoms with Gasteiger partial charge in [0.1, 0.15) is 5.75 Å². The van der Waals surface area contributed by atoms with Crippen LogP contribution in [0.25, 0.3) is 0 Å². The Hall–Kier alpha value is -1.56. The quantitative estimate of drug-likeness (QED) is 0.820. The van der Waals surface area contributed by atoms with E-state index < -0.39 is 10.0 Å². The summed E-state index contributed by atoms with van der Waals surface area (Å²) in [6, 6.07) is 13.9. The molecule has 0 aliphatic carbocycles. The van der Waals surface area contributed by atoms with Crippen LogP contribution in [0, 0.1) is 0 Å². The monoisotopic (exact) mass is 353 g/mol. The van der Waals surface area contributed by atoms with Crippen molar-refractivity contribution in [3.63, 3.8) is 0 Å². The maximum absolute atomic E-state index is 12.4. The smallest absolute Gasteiger partial charge is 0.216 e. The van der Waals surface area contributed by atoms with E-state index in [9.17, 15) is 8.42 Å². The molecule has 124 valence electrons. The van der Waals surface area contributed by atoms with Crippen LogP contribution in [-0.4, -0.2) is 15.5 Å². The van der Waals surface area contributed by atoms with Gasteiger partial charge in [-0.1, -0.05) is 42.8 Å². The van der Waals surface area contributed by atoms with Crippen LogP contribution in [0.2, 0.25) is 5.02 Å². The Labute approximate surface area is 142 Å². The molecule has 1 N–H and O–H groups in total. The second-order valence-corrected chi connectivity index (χ2v) is 7.43. The number of nitrogens with one attached hydrogen (secondary N) is 1. The van der Waals surface area contributed by atoms with Gasteiger partial charge in [0.15, 0.2) is 0 Å². The van der Waals surface area contributed by atoms with Crippen LogP contribution in [0.5, 0.6) is 5.75 Å². The summed E-state index contributed by atoms with van der Waals surface area (Å²) in [7, 11) is -1.85. The van der Waals surface area contributed by atoms with Crippen molar-refractivity contribution in [1.82, 2.24) is 4.72 Å². The summed E-state index contributed by atoms with van der Waals surface area (Å²) in [5, 5.41) is 0.587. The van der Waals surface area contributed by atoms with E-state index in [0.717, 1.165) is 11.3 Å². The fraction of sp³-hybridized carbons (Fsp3) is 0.294. The van der Waals surface area contributed by atoms with E-state index in [0.29, 0.717) is 17.0 Å². The molecule has 0 saturated heterocycles. The molecule has 0 amide bonds. The number of hydrogen-bond donors (Lipinski definition) is 1. The van der Waals surface area contributed by atoms with Crippen LogP contribution in [-0.2, 0) is 15.8 Å². The van der Waals surface area contributed by atoms with E-state index >= 15 is 0 Å². The highest BCUT2D eigenvalue weighted by Crippen LogP contribution is 2.22. The van der Waals surface area contributed by atoms with Gasteiger partial charge in [-0.25, -0.2) is 13.1 Å². The first-order chi connectivity index (χ1) is 10.9. The van der Waals surface area contributed by atoms with E-state index in [1.165, 1.54) is 0 Å². The molecule has 0 unspecified atom stereocenters. The lowest BCUT2D eigenvalue weighted by Gasteiger charge is -2.18. The number of sulfonamides is 1. The molecule has 6 heteroatoms. The van der Waals surface area contributed by atoms with Gasteiger partial charge in [0.05, 0.1) is 12.9 Å². The van der Waals surface area contributed by atoms with E-state index in [1.54, 1.807) is 31.4 Å². The molecule has 1 atom stereocenters. The molecule has 23 heavy (non-hydrogen) atoms. The third-order valence-corrected chi connectivity index (χ3v) is 5.13. The van der Waals surface area contributed by atoms with Gasteiger partial charge in [0.2, 0.25) is 10.0 Å². The minimum Gasteiger partial charge on any atom is -0.497 e. The van der Waals surface area contributed by atoms with Crippen molar-refractivity contribution in [2.75, 3.05) is 7.11 Å². The molecule has 0 aliphatic rings. The fourth-order valence-electron chi connectivity index (χ4n) is 2.28. The lowest BCUT2D eigenvalue weighted by Crippen LogP contribution is -2.29. The zero-order valence-corrected chi connectivity index (χ0v) is 14.7. The topological polar surface area (TPSA) is 55.4 Å². The molecular weight excluding hydrogens is 334 g/mol. The van der Waals surface area contributed by atoms with E-state index in [4.69, 9.17) is 16.3 Å². The second kappa shape index (κ2) is 7.81. The zero-order valence-electron chi connectivity index (χ0n) is 13.1. The number of halogens is 1. The van der Waals surface area contributed by atoms with Crippen LogP contribution in [0.3, 0.4) is 0 Å². The Morgan fingerprint density at radius 1 is 1.09 bits per heavy atom. The van der Waals surface area contributed by atoms with Gasteiger partial charge in [-0.2, -0.15) is 0 Å². The molecule has 2 aromatic carbocycles. The third-order valence-electron chi connectivity index (χ3n) is 3.52. The first-order valence-electron chi connectivity index (χ1n) is 7.32. The highest BCUT2D eigenvalue weighted by atomic mass is 35.5. The molecule has 0 aromatic heterocycles. The number of hydrogen-bond acceptors (Lipinski definition) is 3. The molecule has 4 nitrogen and oxygen atoms in total. The molecule has 0 heterocycles. The number of rotatable bonds is 7. The molecule has 0 aliphatic heterocycles. The summed E-state index contributed by atoms with van der Waals surface area (Å²) < 4.78 is 32.6. The van der Waals surface area contributed by atoms with Gasteiger partial charge in [0, 0.05) is 11.1 Å². The first kappa shape index (κ1) is 17.8. The summed E-state index contributed by atoms with van der Waals surface area (Å²) in [6.07, 6.45) is 0.659. The third kappa shape index (κ3) is 5.23. The molecule has 0 bridgehead atoms. The van der Waals surface area contributed by atoms with E-state index in [2.05, 4.69) is 4.72 Å². The highest BCUT2D eigenvalue weighted by Gasteiger charge is 2.18. The summed E-state index contributed by atoms with van der Waals surface area (Å²) in [4.78, 5) is 0. The minimum atomic E-state index is -3.45. The molecule has 2 aromatic rings. The largest absolute Gasteiger partial charge is 0.497 e. The van der Waals surface area contributed by atoms with Crippen molar-refractivity contribution >= 4 is 21.6 Å². The zero-order chi connectivity index (χ0) is 16.9. The predicted molar refractivity (Wildman–Crippen MR) is 93.2 cm³/mol. The first-order valence-corrected chi connectivity index (χ1v) is 9.35.